The molecule has 0 aromatic heterocycles. The van der Waals surface area contributed by atoms with Gasteiger partial charge in [0.15, 0.2) is 0 Å². The molecule has 0 atom stereocenters. The van der Waals surface area contributed by atoms with Gasteiger partial charge in [-0.25, -0.2) is 0 Å². The van der Waals surface area contributed by atoms with E-state index in [4.69, 9.17) is 15.3 Å². The van der Waals surface area contributed by atoms with Crippen molar-refractivity contribution in [1.29, 1.82) is 0 Å². The second kappa shape index (κ2) is 18.2. The minimum Gasteiger partial charge on any atom is -0.394 e. The SMILES string of the molecule is CC(C)O.CC(C)O.CC(C)O.[Mn]. The van der Waals surface area contributed by atoms with Crippen molar-refractivity contribution in [2.24, 2.45) is 0 Å². The van der Waals surface area contributed by atoms with Crippen LogP contribution in [0.3, 0.4) is 0 Å². The summed E-state index contributed by atoms with van der Waals surface area (Å²) in [6, 6.07) is 0. The van der Waals surface area contributed by atoms with Gasteiger partial charge in [0.2, 0.25) is 0 Å². The van der Waals surface area contributed by atoms with Crippen LogP contribution in [0.5, 0.6) is 0 Å². The number of hydrogen-bond acceptors (Lipinski definition) is 3. The molecule has 0 saturated carbocycles. The van der Waals surface area contributed by atoms with Crippen molar-refractivity contribution in [2.45, 2.75) is 59.9 Å². The Kier molecular flexibility index (Phi) is 32.7. The van der Waals surface area contributed by atoms with E-state index in [-0.39, 0.29) is 35.4 Å². The molecule has 0 heterocycles. The van der Waals surface area contributed by atoms with E-state index >= 15 is 0 Å². The topological polar surface area (TPSA) is 60.7 Å². The van der Waals surface area contributed by atoms with Crippen molar-refractivity contribution >= 4 is 0 Å². The Balaban J connectivity index is -0.0000000450. The first kappa shape index (κ1) is 23.3. The maximum atomic E-state index is 8.06. The summed E-state index contributed by atoms with van der Waals surface area (Å²) in [7, 11) is 0. The van der Waals surface area contributed by atoms with Gasteiger partial charge in [-0.15, -0.1) is 0 Å². The molecule has 0 aliphatic rings. The molecule has 0 rings (SSSR count). The fourth-order valence-corrected chi connectivity index (χ4v) is 0. The summed E-state index contributed by atoms with van der Waals surface area (Å²) in [4.78, 5) is 0. The van der Waals surface area contributed by atoms with Crippen LogP contribution in [0.4, 0.5) is 0 Å². The molecule has 4 heteroatoms. The predicted molar refractivity (Wildman–Crippen MR) is 52.1 cm³/mol. The summed E-state index contributed by atoms with van der Waals surface area (Å²) in [6.45, 7) is 10.3. The van der Waals surface area contributed by atoms with Crippen LogP contribution < -0.4 is 0 Å². The molecular formula is C9H24MnO3. The van der Waals surface area contributed by atoms with Gasteiger partial charge in [0.05, 0.1) is 0 Å². The van der Waals surface area contributed by atoms with Crippen LogP contribution >= 0.6 is 0 Å². The summed E-state index contributed by atoms with van der Waals surface area (Å²) < 4.78 is 0. The van der Waals surface area contributed by atoms with E-state index in [0.29, 0.717) is 0 Å². The number of aliphatic hydroxyl groups is 3. The van der Waals surface area contributed by atoms with Gasteiger partial charge in [0.1, 0.15) is 0 Å². The first-order chi connectivity index (χ1) is 5.20. The van der Waals surface area contributed by atoms with Crippen LogP contribution in [0, 0.1) is 0 Å². The number of rotatable bonds is 0. The van der Waals surface area contributed by atoms with E-state index in [0.717, 1.165) is 0 Å². The van der Waals surface area contributed by atoms with E-state index in [2.05, 4.69) is 0 Å². The van der Waals surface area contributed by atoms with Crippen molar-refractivity contribution in [3.8, 4) is 0 Å². The normalized spacial score (nSPS) is 8.31. The Morgan fingerprint density at radius 3 is 0.538 bits per heavy atom. The molecular weight excluding hydrogens is 211 g/mol. The van der Waals surface area contributed by atoms with Crippen LogP contribution in [-0.2, 0) is 17.1 Å². The van der Waals surface area contributed by atoms with Gasteiger partial charge in [-0.2, -0.15) is 0 Å². The molecule has 3 nitrogen and oxygen atoms in total. The van der Waals surface area contributed by atoms with Gasteiger partial charge in [-0.05, 0) is 41.5 Å². The van der Waals surface area contributed by atoms with Crippen molar-refractivity contribution in [3.63, 3.8) is 0 Å². The molecule has 0 aromatic rings. The summed E-state index contributed by atoms with van der Waals surface area (Å²) in [5, 5.41) is 24.2. The van der Waals surface area contributed by atoms with Gasteiger partial charge < -0.3 is 15.3 Å². The van der Waals surface area contributed by atoms with Gasteiger partial charge >= 0.3 is 0 Å². The average molecular weight is 235 g/mol. The van der Waals surface area contributed by atoms with Gasteiger partial charge in [-0.1, -0.05) is 0 Å². The van der Waals surface area contributed by atoms with Crippen molar-refractivity contribution in [3.05, 3.63) is 0 Å². The number of aliphatic hydroxyl groups excluding tert-OH is 3. The van der Waals surface area contributed by atoms with E-state index in [1.807, 2.05) is 0 Å². The summed E-state index contributed by atoms with van der Waals surface area (Å²) in [5.41, 5.74) is 0. The molecule has 0 aromatic carbocycles. The van der Waals surface area contributed by atoms with Crippen molar-refractivity contribution in [1.82, 2.24) is 0 Å². The summed E-state index contributed by atoms with van der Waals surface area (Å²) >= 11 is 0. The average Bonchev–Trinajstić information content (AvgIpc) is 1.54. The smallest absolute Gasteiger partial charge is 0.0483 e. The molecule has 3 N–H and O–H groups in total. The predicted octanol–water partition coefficient (Wildman–Crippen LogP) is 1.16. The first-order valence-corrected chi connectivity index (χ1v) is 4.24. The molecule has 1 radical (unpaired) electrons. The van der Waals surface area contributed by atoms with E-state index in [1.54, 1.807) is 41.5 Å². The zero-order valence-electron chi connectivity index (χ0n) is 9.45. The Bertz CT molecular complexity index is 43.4. The molecule has 0 amide bonds. The standard InChI is InChI=1S/3C3H8O.Mn/c3*1-3(2)4;/h3*3-4H,1-2H3;. The Morgan fingerprint density at radius 1 is 0.538 bits per heavy atom. The van der Waals surface area contributed by atoms with Crippen LogP contribution in [-0.4, -0.2) is 33.6 Å². The van der Waals surface area contributed by atoms with Crippen LogP contribution in [0.2, 0.25) is 0 Å². The summed E-state index contributed by atoms with van der Waals surface area (Å²) in [5.74, 6) is 0. The Labute approximate surface area is 92.6 Å². The fraction of sp³-hybridized carbons (Fsp3) is 1.00. The largest absolute Gasteiger partial charge is 0.394 e. The second-order valence-electron chi connectivity index (χ2n) is 3.28. The van der Waals surface area contributed by atoms with Gasteiger partial charge in [0, 0.05) is 35.4 Å². The van der Waals surface area contributed by atoms with E-state index in [1.165, 1.54) is 0 Å². The van der Waals surface area contributed by atoms with Gasteiger partial charge in [-0.3, -0.25) is 0 Å². The molecule has 0 bridgehead atoms. The molecule has 0 aliphatic heterocycles. The van der Waals surface area contributed by atoms with Crippen LogP contribution in [0.1, 0.15) is 41.5 Å². The maximum Gasteiger partial charge on any atom is 0.0483 e. The first-order valence-electron chi connectivity index (χ1n) is 4.24. The quantitative estimate of drug-likeness (QED) is 0.552. The zero-order valence-corrected chi connectivity index (χ0v) is 10.6. The third kappa shape index (κ3) is 8400. The van der Waals surface area contributed by atoms with Crippen molar-refractivity contribution in [2.75, 3.05) is 0 Å². The molecule has 0 spiro atoms. The molecule has 0 saturated heterocycles. The van der Waals surface area contributed by atoms with E-state index < -0.39 is 0 Å². The van der Waals surface area contributed by atoms with Crippen LogP contribution in [0.25, 0.3) is 0 Å². The zero-order chi connectivity index (χ0) is 10.7. The van der Waals surface area contributed by atoms with Crippen LogP contribution in [0.15, 0.2) is 0 Å². The minimum atomic E-state index is -0.167. The molecule has 0 fully saturated rings. The number of hydrogen-bond donors (Lipinski definition) is 3. The summed E-state index contributed by atoms with van der Waals surface area (Å²) in [6.07, 6.45) is -0.500. The Morgan fingerprint density at radius 2 is 0.538 bits per heavy atom. The second-order valence-corrected chi connectivity index (χ2v) is 3.28. The van der Waals surface area contributed by atoms with Gasteiger partial charge in [0.25, 0.3) is 0 Å². The minimum absolute atomic E-state index is 0. The van der Waals surface area contributed by atoms with E-state index in [9.17, 15) is 0 Å². The molecule has 0 unspecified atom stereocenters. The van der Waals surface area contributed by atoms with Crippen molar-refractivity contribution < 1.29 is 32.4 Å². The molecule has 85 valence electrons. The molecule has 0 aliphatic carbocycles. The molecule has 13 heavy (non-hydrogen) atoms. The fourth-order valence-electron chi connectivity index (χ4n) is 0. The third-order valence-corrected chi connectivity index (χ3v) is 0. The maximum absolute atomic E-state index is 8.06. The Hall–Kier alpha value is 0.399. The third-order valence-electron chi connectivity index (χ3n) is 0. The monoisotopic (exact) mass is 235 g/mol.